The van der Waals surface area contributed by atoms with Gasteiger partial charge in [0.15, 0.2) is 5.78 Å². The Hall–Kier alpha value is -0.890. The first-order valence-corrected chi connectivity index (χ1v) is 8.79. The van der Waals surface area contributed by atoms with Crippen molar-refractivity contribution < 1.29 is 9.90 Å². The molecule has 0 aromatic carbocycles. The van der Waals surface area contributed by atoms with Gasteiger partial charge in [-0.2, -0.15) is 0 Å². The highest BCUT2D eigenvalue weighted by Crippen LogP contribution is 2.61. The molecule has 2 saturated carbocycles. The number of ketones is 1. The van der Waals surface area contributed by atoms with Crippen LogP contribution in [-0.4, -0.2) is 17.0 Å². The van der Waals surface area contributed by atoms with Crippen LogP contribution in [0.1, 0.15) is 64.7 Å². The number of aliphatic hydroxyl groups excluding tert-OH is 1. The Morgan fingerprint density at radius 3 is 2.86 bits per heavy atom. The summed E-state index contributed by atoms with van der Waals surface area (Å²) in [5.74, 6) is 1.70. The topological polar surface area (TPSA) is 37.3 Å². The number of fused-ring (bicyclic) bond motifs is 4. The Morgan fingerprint density at radius 1 is 1.19 bits per heavy atom. The van der Waals surface area contributed by atoms with E-state index in [0.29, 0.717) is 24.0 Å². The quantitative estimate of drug-likeness (QED) is 0.792. The van der Waals surface area contributed by atoms with E-state index in [4.69, 9.17) is 0 Å². The minimum absolute atomic E-state index is 0.0797. The van der Waals surface area contributed by atoms with Gasteiger partial charge in [-0.05, 0) is 85.8 Å². The summed E-state index contributed by atoms with van der Waals surface area (Å²) < 4.78 is 0. The molecule has 3 unspecified atom stereocenters. The maximum atomic E-state index is 11.7. The minimum atomic E-state index is -0.0797. The van der Waals surface area contributed by atoms with E-state index in [9.17, 15) is 9.90 Å². The van der Waals surface area contributed by atoms with Crippen LogP contribution in [0.25, 0.3) is 0 Å². The van der Waals surface area contributed by atoms with Crippen molar-refractivity contribution in [2.45, 2.75) is 70.8 Å². The monoisotopic (exact) mass is 286 g/mol. The standard InChI is InChI=1S/C19H26O2/c1-2-19-10-9-15-14-6-4-13(20)11-12(14)3-5-16(15)17(19)7-8-18(19)21/h11,16-18,21H,2-10H2,1H3/t16?,17?,18-,19?/m0/s1. The van der Waals surface area contributed by atoms with Crippen LogP contribution in [0.5, 0.6) is 0 Å². The van der Waals surface area contributed by atoms with Crippen molar-refractivity contribution in [1.29, 1.82) is 0 Å². The Labute approximate surface area is 127 Å². The van der Waals surface area contributed by atoms with E-state index in [1.54, 1.807) is 5.57 Å². The lowest BCUT2D eigenvalue weighted by Gasteiger charge is -2.49. The number of carbonyl (C=O) groups is 1. The molecule has 1 N–H and O–H groups in total. The molecule has 0 aromatic heterocycles. The largest absolute Gasteiger partial charge is 0.393 e. The fourth-order valence-electron chi connectivity index (χ4n) is 6.00. The van der Waals surface area contributed by atoms with E-state index < -0.39 is 0 Å². The molecule has 0 amide bonds. The lowest BCUT2D eigenvalue weighted by Crippen LogP contribution is -2.43. The SMILES string of the molecule is CCC12CCC3=C4CCC(=O)C=C4CCC3C1CC[C@@H]2O. The van der Waals surface area contributed by atoms with Crippen molar-refractivity contribution in [2.75, 3.05) is 0 Å². The fourth-order valence-corrected chi connectivity index (χ4v) is 6.00. The molecular weight excluding hydrogens is 260 g/mol. The number of aliphatic hydroxyl groups is 1. The molecule has 0 aromatic rings. The van der Waals surface area contributed by atoms with Crippen molar-refractivity contribution in [2.24, 2.45) is 17.3 Å². The fraction of sp³-hybridized carbons (Fsp3) is 0.737. The summed E-state index contributed by atoms with van der Waals surface area (Å²) in [5, 5.41) is 10.6. The number of allylic oxidation sites excluding steroid dienone is 4. The van der Waals surface area contributed by atoms with Gasteiger partial charge in [0.2, 0.25) is 0 Å². The van der Waals surface area contributed by atoms with Gasteiger partial charge in [-0.15, -0.1) is 0 Å². The molecule has 0 aliphatic heterocycles. The van der Waals surface area contributed by atoms with E-state index in [1.807, 2.05) is 6.08 Å². The Bertz CT molecular complexity index is 542. The van der Waals surface area contributed by atoms with E-state index >= 15 is 0 Å². The summed E-state index contributed by atoms with van der Waals surface area (Å²) in [5.41, 5.74) is 4.75. The molecule has 4 aliphatic rings. The third-order valence-electron chi connectivity index (χ3n) is 7.06. The number of hydrogen-bond acceptors (Lipinski definition) is 2. The van der Waals surface area contributed by atoms with Gasteiger partial charge in [0, 0.05) is 6.42 Å². The van der Waals surface area contributed by atoms with Crippen LogP contribution < -0.4 is 0 Å². The smallest absolute Gasteiger partial charge is 0.156 e. The summed E-state index contributed by atoms with van der Waals surface area (Å²) in [6.07, 6.45) is 11.5. The lowest BCUT2D eigenvalue weighted by atomic mass is 9.56. The minimum Gasteiger partial charge on any atom is -0.393 e. The second kappa shape index (κ2) is 4.81. The summed E-state index contributed by atoms with van der Waals surface area (Å²) >= 11 is 0. The molecule has 21 heavy (non-hydrogen) atoms. The molecule has 0 heterocycles. The van der Waals surface area contributed by atoms with Crippen LogP contribution in [0.3, 0.4) is 0 Å². The first-order valence-electron chi connectivity index (χ1n) is 8.79. The van der Waals surface area contributed by atoms with Crippen molar-refractivity contribution in [3.05, 3.63) is 22.8 Å². The van der Waals surface area contributed by atoms with E-state index in [2.05, 4.69) is 6.92 Å². The normalized spacial score (nSPS) is 42.3. The van der Waals surface area contributed by atoms with Gasteiger partial charge in [-0.1, -0.05) is 12.5 Å². The highest BCUT2D eigenvalue weighted by Gasteiger charge is 2.54. The third-order valence-corrected chi connectivity index (χ3v) is 7.06. The van der Waals surface area contributed by atoms with Gasteiger partial charge < -0.3 is 5.11 Å². The maximum Gasteiger partial charge on any atom is 0.156 e. The highest BCUT2D eigenvalue weighted by atomic mass is 16.3. The van der Waals surface area contributed by atoms with Crippen molar-refractivity contribution in [3.63, 3.8) is 0 Å². The van der Waals surface area contributed by atoms with Gasteiger partial charge >= 0.3 is 0 Å². The first kappa shape index (κ1) is 13.8. The molecule has 0 saturated heterocycles. The number of hydrogen-bond donors (Lipinski definition) is 1. The van der Waals surface area contributed by atoms with E-state index in [1.165, 1.54) is 24.0 Å². The van der Waals surface area contributed by atoms with Crippen molar-refractivity contribution in [1.82, 2.24) is 0 Å². The lowest BCUT2D eigenvalue weighted by molar-refractivity contribution is -0.114. The van der Waals surface area contributed by atoms with Crippen LogP contribution >= 0.6 is 0 Å². The maximum absolute atomic E-state index is 11.7. The van der Waals surface area contributed by atoms with Gasteiger partial charge in [0.1, 0.15) is 0 Å². The zero-order valence-corrected chi connectivity index (χ0v) is 13.0. The van der Waals surface area contributed by atoms with Crippen LogP contribution in [0, 0.1) is 17.3 Å². The highest BCUT2D eigenvalue weighted by molar-refractivity contribution is 5.93. The third kappa shape index (κ3) is 1.84. The van der Waals surface area contributed by atoms with Gasteiger partial charge in [0.05, 0.1) is 6.10 Å². The van der Waals surface area contributed by atoms with Crippen LogP contribution in [0.4, 0.5) is 0 Å². The molecular formula is C19H26O2. The summed E-state index contributed by atoms with van der Waals surface area (Å²) in [6, 6.07) is 0. The van der Waals surface area contributed by atoms with Gasteiger partial charge in [-0.25, -0.2) is 0 Å². The summed E-state index contributed by atoms with van der Waals surface area (Å²) in [7, 11) is 0. The molecule has 2 fully saturated rings. The van der Waals surface area contributed by atoms with Crippen LogP contribution in [-0.2, 0) is 4.79 Å². The predicted molar refractivity (Wildman–Crippen MR) is 82.8 cm³/mol. The zero-order chi connectivity index (χ0) is 14.6. The number of carbonyl (C=O) groups excluding carboxylic acids is 1. The molecule has 0 bridgehead atoms. The molecule has 2 heteroatoms. The Kier molecular flexibility index (Phi) is 3.15. The first-order chi connectivity index (χ1) is 10.2. The second-order valence-corrected chi connectivity index (χ2v) is 7.57. The molecule has 4 rings (SSSR count). The molecule has 4 atom stereocenters. The van der Waals surface area contributed by atoms with Gasteiger partial charge in [0.25, 0.3) is 0 Å². The Morgan fingerprint density at radius 2 is 2.05 bits per heavy atom. The molecule has 114 valence electrons. The molecule has 0 spiro atoms. The van der Waals surface area contributed by atoms with Crippen molar-refractivity contribution in [3.8, 4) is 0 Å². The Balaban J connectivity index is 1.74. The average molecular weight is 286 g/mol. The molecule has 2 nitrogen and oxygen atoms in total. The average Bonchev–Trinajstić information content (AvgIpc) is 2.84. The van der Waals surface area contributed by atoms with Crippen LogP contribution in [0.15, 0.2) is 22.8 Å². The summed E-state index contributed by atoms with van der Waals surface area (Å²) in [6.45, 7) is 2.27. The summed E-state index contributed by atoms with van der Waals surface area (Å²) in [4.78, 5) is 11.7. The predicted octanol–water partition coefficient (Wildman–Crippen LogP) is 3.94. The molecule has 4 aliphatic carbocycles. The second-order valence-electron chi connectivity index (χ2n) is 7.57. The van der Waals surface area contributed by atoms with E-state index in [-0.39, 0.29) is 11.5 Å². The van der Waals surface area contributed by atoms with Crippen LogP contribution in [0.2, 0.25) is 0 Å². The molecule has 0 radical (unpaired) electrons. The van der Waals surface area contributed by atoms with E-state index in [0.717, 1.165) is 38.5 Å². The zero-order valence-electron chi connectivity index (χ0n) is 13.0. The van der Waals surface area contributed by atoms with Gasteiger partial charge in [-0.3, -0.25) is 4.79 Å². The van der Waals surface area contributed by atoms with Crippen molar-refractivity contribution >= 4 is 5.78 Å². The number of rotatable bonds is 1.